The first-order chi connectivity index (χ1) is 12.8. The highest BCUT2D eigenvalue weighted by Gasteiger charge is 2.29. The first-order valence-electron chi connectivity index (χ1n) is 9.90. The molecular formula is C21H28N4O. The van der Waals surface area contributed by atoms with Gasteiger partial charge in [-0.3, -0.25) is 9.89 Å². The molecule has 2 aliphatic rings. The van der Waals surface area contributed by atoms with Crippen LogP contribution in [0.5, 0.6) is 0 Å². The summed E-state index contributed by atoms with van der Waals surface area (Å²) in [5, 5.41) is 14.0. The Labute approximate surface area is 155 Å². The van der Waals surface area contributed by atoms with Gasteiger partial charge in [0, 0.05) is 17.7 Å². The highest BCUT2D eigenvalue weighted by molar-refractivity contribution is 5.92. The Hall–Kier alpha value is -2.14. The Morgan fingerprint density at radius 2 is 1.92 bits per heavy atom. The van der Waals surface area contributed by atoms with Crippen LogP contribution in [0.1, 0.15) is 59.8 Å². The van der Waals surface area contributed by atoms with Crippen molar-refractivity contribution in [1.82, 2.24) is 20.8 Å². The Kier molecular flexibility index (Phi) is 5.34. The Balaban J connectivity index is 1.37. The minimum atomic E-state index is -0.0357. The van der Waals surface area contributed by atoms with E-state index in [1.165, 1.54) is 18.4 Å². The maximum Gasteiger partial charge on any atom is 0.272 e. The van der Waals surface area contributed by atoms with E-state index in [-0.39, 0.29) is 11.9 Å². The summed E-state index contributed by atoms with van der Waals surface area (Å²) in [7, 11) is 0. The fourth-order valence-electron chi connectivity index (χ4n) is 4.43. The molecular weight excluding hydrogens is 324 g/mol. The molecule has 3 N–H and O–H groups in total. The lowest BCUT2D eigenvalue weighted by atomic mass is 9.94. The van der Waals surface area contributed by atoms with E-state index in [0.29, 0.717) is 17.5 Å². The molecule has 0 bridgehead atoms. The molecule has 2 fully saturated rings. The summed E-state index contributed by atoms with van der Waals surface area (Å²) in [6, 6.07) is 12.8. The number of hydrogen-bond donors (Lipinski definition) is 3. The van der Waals surface area contributed by atoms with Crippen LogP contribution < -0.4 is 10.6 Å². The molecule has 2 unspecified atom stereocenters. The van der Waals surface area contributed by atoms with E-state index in [1.54, 1.807) is 0 Å². The minimum absolute atomic E-state index is 0.0357. The molecule has 26 heavy (non-hydrogen) atoms. The highest BCUT2D eigenvalue weighted by Crippen LogP contribution is 2.29. The van der Waals surface area contributed by atoms with Crippen molar-refractivity contribution >= 4 is 5.91 Å². The van der Waals surface area contributed by atoms with Crippen molar-refractivity contribution in [2.24, 2.45) is 5.92 Å². The normalized spacial score (nSPS) is 23.8. The van der Waals surface area contributed by atoms with Crippen LogP contribution in [0, 0.1) is 5.92 Å². The molecule has 2 heterocycles. The topological polar surface area (TPSA) is 69.8 Å². The van der Waals surface area contributed by atoms with Gasteiger partial charge in [-0.1, -0.05) is 36.8 Å². The monoisotopic (exact) mass is 352 g/mol. The third kappa shape index (κ3) is 3.98. The number of benzene rings is 1. The lowest BCUT2D eigenvalue weighted by molar-refractivity contribution is 0.0922. The van der Waals surface area contributed by atoms with Gasteiger partial charge < -0.3 is 10.6 Å². The molecule has 5 heteroatoms. The quantitative estimate of drug-likeness (QED) is 0.775. The van der Waals surface area contributed by atoms with Gasteiger partial charge in [0.25, 0.3) is 5.91 Å². The second-order valence-electron chi connectivity index (χ2n) is 7.69. The van der Waals surface area contributed by atoms with Crippen molar-refractivity contribution in [3.05, 3.63) is 53.3 Å². The Morgan fingerprint density at radius 1 is 1.12 bits per heavy atom. The van der Waals surface area contributed by atoms with Crippen LogP contribution in [-0.4, -0.2) is 35.2 Å². The molecule has 1 saturated heterocycles. The van der Waals surface area contributed by atoms with Gasteiger partial charge in [0.05, 0.1) is 0 Å². The first-order valence-corrected chi connectivity index (χ1v) is 9.90. The smallest absolute Gasteiger partial charge is 0.272 e. The fraction of sp³-hybridized carbons (Fsp3) is 0.524. The number of nitrogens with zero attached hydrogens (tertiary/aromatic N) is 1. The SMILES string of the molecule is O=C(NC1CCCC1Cc1ccccc1)c1cc(C2CCNCC2)[nH]n1. The van der Waals surface area contributed by atoms with E-state index >= 15 is 0 Å². The molecule has 2 aromatic rings. The highest BCUT2D eigenvalue weighted by atomic mass is 16.2. The van der Waals surface area contributed by atoms with Crippen LogP contribution in [0.25, 0.3) is 0 Å². The number of hydrogen-bond acceptors (Lipinski definition) is 3. The number of carbonyl (C=O) groups excluding carboxylic acids is 1. The molecule has 1 aliphatic carbocycles. The van der Waals surface area contributed by atoms with Gasteiger partial charge in [0.2, 0.25) is 0 Å². The molecule has 1 aromatic carbocycles. The maximum atomic E-state index is 12.7. The van der Waals surface area contributed by atoms with Crippen molar-refractivity contribution in [3.63, 3.8) is 0 Å². The van der Waals surface area contributed by atoms with Crippen LogP contribution in [0.3, 0.4) is 0 Å². The molecule has 0 spiro atoms. The summed E-state index contributed by atoms with van der Waals surface area (Å²) < 4.78 is 0. The van der Waals surface area contributed by atoms with E-state index in [9.17, 15) is 4.79 Å². The minimum Gasteiger partial charge on any atom is -0.348 e. The number of aromatic amines is 1. The number of H-pyrrole nitrogens is 1. The zero-order valence-corrected chi connectivity index (χ0v) is 15.2. The summed E-state index contributed by atoms with van der Waals surface area (Å²) in [5.74, 6) is 0.971. The first kappa shape index (κ1) is 17.3. The second kappa shape index (κ2) is 8.04. The van der Waals surface area contributed by atoms with Crippen molar-refractivity contribution in [1.29, 1.82) is 0 Å². The number of amides is 1. The molecule has 4 rings (SSSR count). The van der Waals surface area contributed by atoms with Crippen molar-refractivity contribution < 1.29 is 4.79 Å². The average molecular weight is 352 g/mol. The van der Waals surface area contributed by atoms with Crippen molar-refractivity contribution in [2.75, 3.05) is 13.1 Å². The predicted octanol–water partition coefficient (Wildman–Crippen LogP) is 3.02. The third-order valence-electron chi connectivity index (χ3n) is 5.93. The standard InChI is InChI=1S/C21H28N4O/c26-21(20-14-19(24-25-20)16-9-11-22-12-10-16)23-18-8-4-7-17(18)13-15-5-2-1-3-6-15/h1-3,5-6,14,16-18,22H,4,7-13H2,(H,23,26)(H,24,25). The van der Waals surface area contributed by atoms with E-state index < -0.39 is 0 Å². The Bertz CT molecular complexity index is 721. The zero-order chi connectivity index (χ0) is 17.8. The van der Waals surface area contributed by atoms with Gasteiger partial charge in [-0.05, 0) is 62.7 Å². The zero-order valence-electron chi connectivity index (χ0n) is 15.2. The van der Waals surface area contributed by atoms with E-state index in [1.807, 2.05) is 6.07 Å². The Morgan fingerprint density at radius 3 is 2.73 bits per heavy atom. The summed E-state index contributed by atoms with van der Waals surface area (Å²) in [4.78, 5) is 12.7. The van der Waals surface area contributed by atoms with Crippen LogP contribution in [0.4, 0.5) is 0 Å². The number of rotatable bonds is 5. The van der Waals surface area contributed by atoms with E-state index in [0.717, 1.165) is 44.5 Å². The average Bonchev–Trinajstić information content (AvgIpc) is 3.34. The number of aromatic nitrogens is 2. The van der Waals surface area contributed by atoms with Crippen molar-refractivity contribution in [2.45, 2.75) is 50.5 Å². The van der Waals surface area contributed by atoms with Gasteiger partial charge in [-0.2, -0.15) is 5.10 Å². The molecule has 1 aliphatic heterocycles. The van der Waals surface area contributed by atoms with Gasteiger partial charge in [-0.25, -0.2) is 0 Å². The third-order valence-corrected chi connectivity index (χ3v) is 5.93. The number of nitrogens with one attached hydrogen (secondary N) is 3. The van der Waals surface area contributed by atoms with Crippen LogP contribution in [-0.2, 0) is 6.42 Å². The van der Waals surface area contributed by atoms with Crippen LogP contribution in [0.15, 0.2) is 36.4 Å². The largest absolute Gasteiger partial charge is 0.348 e. The predicted molar refractivity (Wildman–Crippen MR) is 102 cm³/mol. The lowest BCUT2D eigenvalue weighted by Crippen LogP contribution is -2.38. The van der Waals surface area contributed by atoms with Crippen LogP contribution >= 0.6 is 0 Å². The molecule has 138 valence electrons. The fourth-order valence-corrected chi connectivity index (χ4v) is 4.43. The van der Waals surface area contributed by atoms with E-state index in [4.69, 9.17) is 0 Å². The van der Waals surface area contributed by atoms with Gasteiger partial charge in [0.1, 0.15) is 5.69 Å². The molecule has 1 amide bonds. The molecule has 0 radical (unpaired) electrons. The van der Waals surface area contributed by atoms with Crippen LogP contribution in [0.2, 0.25) is 0 Å². The van der Waals surface area contributed by atoms with Gasteiger partial charge >= 0.3 is 0 Å². The van der Waals surface area contributed by atoms with E-state index in [2.05, 4.69) is 51.2 Å². The molecule has 1 aromatic heterocycles. The van der Waals surface area contributed by atoms with Gasteiger partial charge in [0.15, 0.2) is 0 Å². The number of carbonyl (C=O) groups is 1. The van der Waals surface area contributed by atoms with Gasteiger partial charge in [-0.15, -0.1) is 0 Å². The summed E-state index contributed by atoms with van der Waals surface area (Å²) in [6.07, 6.45) is 6.67. The summed E-state index contributed by atoms with van der Waals surface area (Å²) in [6.45, 7) is 2.07. The summed E-state index contributed by atoms with van der Waals surface area (Å²) in [5.41, 5.74) is 2.99. The number of piperidine rings is 1. The summed E-state index contributed by atoms with van der Waals surface area (Å²) >= 11 is 0. The maximum absolute atomic E-state index is 12.7. The molecule has 1 saturated carbocycles. The lowest BCUT2D eigenvalue weighted by Gasteiger charge is -2.21. The molecule has 5 nitrogen and oxygen atoms in total. The van der Waals surface area contributed by atoms with Crippen molar-refractivity contribution in [3.8, 4) is 0 Å². The molecule has 2 atom stereocenters. The second-order valence-corrected chi connectivity index (χ2v) is 7.69.